The summed E-state index contributed by atoms with van der Waals surface area (Å²) in [4.78, 5) is 23.1. The highest BCUT2D eigenvalue weighted by molar-refractivity contribution is 5.93. The Bertz CT molecular complexity index is 475. The van der Waals surface area contributed by atoms with Crippen LogP contribution in [0.4, 0.5) is 0 Å². The third-order valence-electron chi connectivity index (χ3n) is 3.19. The van der Waals surface area contributed by atoms with Crippen molar-refractivity contribution >= 4 is 5.91 Å². The van der Waals surface area contributed by atoms with Gasteiger partial charge in [0, 0.05) is 37.5 Å². The highest BCUT2D eigenvalue weighted by Gasteiger charge is 2.25. The predicted octanol–water partition coefficient (Wildman–Crippen LogP) is -0.148. The molecule has 0 aliphatic heterocycles. The molecule has 0 atom stereocenters. The summed E-state index contributed by atoms with van der Waals surface area (Å²) in [5.74, 6) is 0.295. The first-order valence-electron chi connectivity index (χ1n) is 5.76. The van der Waals surface area contributed by atoms with Crippen LogP contribution in [0.15, 0.2) is 23.1 Å². The average molecular weight is 235 g/mol. The lowest BCUT2D eigenvalue weighted by atomic mass is 9.81. The molecular formula is C12H17N3O2. The molecule has 1 aliphatic carbocycles. The van der Waals surface area contributed by atoms with E-state index in [0.717, 1.165) is 12.8 Å². The number of nitrogens with two attached hydrogens (primary N) is 1. The molecule has 17 heavy (non-hydrogen) atoms. The van der Waals surface area contributed by atoms with Gasteiger partial charge in [-0.2, -0.15) is 0 Å². The van der Waals surface area contributed by atoms with Gasteiger partial charge in [-0.1, -0.05) is 0 Å². The normalized spacial score (nSPS) is 22.9. The van der Waals surface area contributed by atoms with Crippen molar-refractivity contribution in [1.29, 1.82) is 0 Å². The van der Waals surface area contributed by atoms with E-state index in [1.807, 2.05) is 0 Å². The van der Waals surface area contributed by atoms with E-state index in [4.69, 9.17) is 5.73 Å². The van der Waals surface area contributed by atoms with Crippen LogP contribution in [0.1, 0.15) is 23.2 Å². The van der Waals surface area contributed by atoms with E-state index in [1.54, 1.807) is 19.3 Å². The Hall–Kier alpha value is -1.62. The van der Waals surface area contributed by atoms with Crippen LogP contribution in [-0.2, 0) is 7.05 Å². The molecule has 92 valence electrons. The van der Waals surface area contributed by atoms with Gasteiger partial charge in [0.2, 0.25) is 0 Å². The lowest BCUT2D eigenvalue weighted by molar-refractivity contribution is 0.0935. The SMILES string of the molecule is Cn1ccc(C(=O)NCC2CC(N)C2)cc1=O. The van der Waals surface area contributed by atoms with Crippen molar-refractivity contribution in [2.45, 2.75) is 18.9 Å². The van der Waals surface area contributed by atoms with Gasteiger partial charge in [-0.25, -0.2) is 0 Å². The molecule has 1 saturated carbocycles. The zero-order chi connectivity index (χ0) is 12.4. The molecule has 1 aliphatic rings. The number of nitrogens with one attached hydrogen (secondary N) is 1. The largest absolute Gasteiger partial charge is 0.352 e. The average Bonchev–Trinajstić information content (AvgIpc) is 2.26. The maximum atomic E-state index is 11.7. The van der Waals surface area contributed by atoms with Crippen LogP contribution in [0.2, 0.25) is 0 Å². The number of rotatable bonds is 3. The van der Waals surface area contributed by atoms with Crippen LogP contribution in [0, 0.1) is 5.92 Å². The molecule has 1 heterocycles. The van der Waals surface area contributed by atoms with E-state index in [0.29, 0.717) is 24.1 Å². The maximum absolute atomic E-state index is 11.7. The molecular weight excluding hydrogens is 218 g/mol. The van der Waals surface area contributed by atoms with E-state index in [2.05, 4.69) is 5.32 Å². The van der Waals surface area contributed by atoms with Crippen LogP contribution in [-0.4, -0.2) is 23.1 Å². The molecule has 1 fully saturated rings. The zero-order valence-corrected chi connectivity index (χ0v) is 9.85. The fourth-order valence-electron chi connectivity index (χ4n) is 1.98. The molecule has 5 heteroatoms. The number of hydrogen-bond donors (Lipinski definition) is 2. The first-order valence-corrected chi connectivity index (χ1v) is 5.76. The van der Waals surface area contributed by atoms with Crippen molar-refractivity contribution in [3.8, 4) is 0 Å². The zero-order valence-electron chi connectivity index (χ0n) is 9.85. The molecule has 3 N–H and O–H groups in total. The van der Waals surface area contributed by atoms with E-state index in [-0.39, 0.29) is 11.5 Å². The van der Waals surface area contributed by atoms with Crippen molar-refractivity contribution in [1.82, 2.24) is 9.88 Å². The van der Waals surface area contributed by atoms with Crippen LogP contribution in [0.5, 0.6) is 0 Å². The quantitative estimate of drug-likeness (QED) is 0.765. The molecule has 0 bridgehead atoms. The Balaban J connectivity index is 1.91. The summed E-state index contributed by atoms with van der Waals surface area (Å²) in [6.45, 7) is 0.641. The van der Waals surface area contributed by atoms with E-state index < -0.39 is 0 Å². The molecule has 1 aromatic heterocycles. The highest BCUT2D eigenvalue weighted by atomic mass is 16.2. The van der Waals surface area contributed by atoms with Gasteiger partial charge in [-0.05, 0) is 24.8 Å². The summed E-state index contributed by atoms with van der Waals surface area (Å²) >= 11 is 0. The first-order chi connectivity index (χ1) is 8.06. The van der Waals surface area contributed by atoms with Gasteiger partial charge in [0.05, 0.1) is 0 Å². The monoisotopic (exact) mass is 235 g/mol. The fraction of sp³-hybridized carbons (Fsp3) is 0.500. The minimum atomic E-state index is -0.192. The summed E-state index contributed by atoms with van der Waals surface area (Å²) in [5, 5.41) is 2.83. The molecule has 0 radical (unpaired) electrons. The van der Waals surface area contributed by atoms with Crippen molar-refractivity contribution in [2.24, 2.45) is 18.7 Å². The lowest BCUT2D eigenvalue weighted by Gasteiger charge is -2.32. The minimum absolute atomic E-state index is 0.177. The Kier molecular flexibility index (Phi) is 3.28. The fourth-order valence-corrected chi connectivity index (χ4v) is 1.98. The number of pyridine rings is 1. The van der Waals surface area contributed by atoms with E-state index in [1.165, 1.54) is 10.6 Å². The predicted molar refractivity (Wildman–Crippen MR) is 64.7 cm³/mol. The van der Waals surface area contributed by atoms with Gasteiger partial charge in [0.15, 0.2) is 0 Å². The molecule has 1 amide bonds. The van der Waals surface area contributed by atoms with Gasteiger partial charge in [-0.15, -0.1) is 0 Å². The molecule has 0 unspecified atom stereocenters. The number of carbonyl (C=O) groups excluding carboxylic acids is 1. The maximum Gasteiger partial charge on any atom is 0.251 e. The standard InChI is InChI=1S/C12H17N3O2/c1-15-3-2-9(6-11(15)16)12(17)14-7-8-4-10(13)5-8/h2-3,6,8,10H,4-5,7,13H2,1H3,(H,14,17). The topological polar surface area (TPSA) is 77.1 Å². The summed E-state index contributed by atoms with van der Waals surface area (Å²) in [7, 11) is 1.65. The summed E-state index contributed by atoms with van der Waals surface area (Å²) in [5.41, 5.74) is 5.90. The smallest absolute Gasteiger partial charge is 0.251 e. The first kappa shape index (κ1) is 11.9. The summed E-state index contributed by atoms with van der Waals surface area (Å²) in [6, 6.07) is 3.28. The molecule has 5 nitrogen and oxygen atoms in total. The van der Waals surface area contributed by atoms with Crippen LogP contribution < -0.4 is 16.6 Å². The van der Waals surface area contributed by atoms with Crippen molar-refractivity contribution in [3.05, 3.63) is 34.2 Å². The van der Waals surface area contributed by atoms with Crippen molar-refractivity contribution in [2.75, 3.05) is 6.54 Å². The lowest BCUT2D eigenvalue weighted by Crippen LogP contribution is -2.42. The van der Waals surface area contributed by atoms with Crippen LogP contribution >= 0.6 is 0 Å². The highest BCUT2D eigenvalue weighted by Crippen LogP contribution is 2.24. The minimum Gasteiger partial charge on any atom is -0.352 e. The molecule has 0 spiro atoms. The third-order valence-corrected chi connectivity index (χ3v) is 3.19. The number of aromatic nitrogens is 1. The Morgan fingerprint density at radius 1 is 1.59 bits per heavy atom. The number of hydrogen-bond acceptors (Lipinski definition) is 3. The van der Waals surface area contributed by atoms with E-state index in [9.17, 15) is 9.59 Å². The third kappa shape index (κ3) is 2.74. The summed E-state index contributed by atoms with van der Waals surface area (Å²) in [6.07, 6.45) is 3.53. The van der Waals surface area contributed by atoms with E-state index >= 15 is 0 Å². The molecule has 2 rings (SSSR count). The Morgan fingerprint density at radius 3 is 2.88 bits per heavy atom. The number of nitrogens with zero attached hydrogens (tertiary/aromatic N) is 1. The van der Waals surface area contributed by atoms with Gasteiger partial charge < -0.3 is 15.6 Å². The Morgan fingerprint density at radius 2 is 2.29 bits per heavy atom. The number of aryl methyl sites for hydroxylation is 1. The molecule has 1 aromatic rings. The Labute approximate surface area is 99.6 Å². The van der Waals surface area contributed by atoms with Gasteiger partial charge in [0.25, 0.3) is 11.5 Å². The van der Waals surface area contributed by atoms with Crippen molar-refractivity contribution < 1.29 is 4.79 Å². The van der Waals surface area contributed by atoms with Gasteiger partial charge in [-0.3, -0.25) is 9.59 Å². The second-order valence-electron chi connectivity index (χ2n) is 4.67. The second-order valence-corrected chi connectivity index (χ2v) is 4.67. The van der Waals surface area contributed by atoms with Crippen LogP contribution in [0.25, 0.3) is 0 Å². The van der Waals surface area contributed by atoms with Crippen LogP contribution in [0.3, 0.4) is 0 Å². The van der Waals surface area contributed by atoms with Crippen molar-refractivity contribution in [3.63, 3.8) is 0 Å². The summed E-state index contributed by atoms with van der Waals surface area (Å²) < 4.78 is 1.43. The van der Waals surface area contributed by atoms with Gasteiger partial charge in [0.1, 0.15) is 0 Å². The molecule has 0 aromatic carbocycles. The second kappa shape index (κ2) is 4.71. The number of amides is 1. The number of carbonyl (C=O) groups is 1. The van der Waals surface area contributed by atoms with Gasteiger partial charge >= 0.3 is 0 Å². The molecule has 0 saturated heterocycles.